The Morgan fingerprint density at radius 1 is 1.00 bits per heavy atom. The molecule has 2 aromatic rings. The first kappa shape index (κ1) is 21.0. The van der Waals surface area contributed by atoms with Crippen LogP contribution in [0.15, 0.2) is 54.5 Å². The van der Waals surface area contributed by atoms with Crippen LogP contribution in [-0.2, 0) is 14.3 Å². The number of rotatable bonds is 4. The van der Waals surface area contributed by atoms with Crippen molar-refractivity contribution in [3.05, 3.63) is 75.1 Å². The van der Waals surface area contributed by atoms with Gasteiger partial charge >= 0.3 is 5.97 Å². The minimum atomic E-state index is -0.488. The van der Waals surface area contributed by atoms with E-state index in [2.05, 4.69) is 0 Å². The van der Waals surface area contributed by atoms with Gasteiger partial charge in [-0.15, -0.1) is 0 Å². The van der Waals surface area contributed by atoms with Gasteiger partial charge in [-0.1, -0.05) is 46.9 Å². The molecule has 30 heavy (non-hydrogen) atoms. The van der Waals surface area contributed by atoms with Gasteiger partial charge in [0.15, 0.2) is 0 Å². The summed E-state index contributed by atoms with van der Waals surface area (Å²) < 4.78 is 17.0. The molecule has 0 saturated heterocycles. The molecule has 0 spiro atoms. The van der Waals surface area contributed by atoms with Crippen LogP contribution >= 0.6 is 34.8 Å². The van der Waals surface area contributed by atoms with Crippen LogP contribution in [0.4, 0.5) is 0 Å². The Balaban J connectivity index is 1.40. The van der Waals surface area contributed by atoms with E-state index in [9.17, 15) is 9.59 Å². The Labute approximate surface area is 188 Å². The van der Waals surface area contributed by atoms with Gasteiger partial charge in [0.1, 0.15) is 24.2 Å². The Morgan fingerprint density at radius 2 is 1.80 bits per heavy atom. The maximum Gasteiger partial charge on any atom is 0.338 e. The number of carbonyl (C=O) groups is 2. The van der Waals surface area contributed by atoms with Crippen molar-refractivity contribution in [3.8, 4) is 5.75 Å². The van der Waals surface area contributed by atoms with E-state index in [1.165, 1.54) is 12.3 Å². The maximum atomic E-state index is 12.8. The minimum Gasteiger partial charge on any atom is -0.493 e. The quantitative estimate of drug-likeness (QED) is 0.527. The zero-order valence-electron chi connectivity index (χ0n) is 15.6. The number of hydrogen-bond acceptors (Lipinski definition) is 5. The topological polar surface area (TPSA) is 61.8 Å². The third-order valence-electron chi connectivity index (χ3n) is 5.16. The van der Waals surface area contributed by atoms with Gasteiger partial charge in [0.25, 0.3) is 0 Å². The molecular weight excluding hydrogens is 451 g/mol. The first-order valence-corrected chi connectivity index (χ1v) is 10.5. The number of Topliss-reactive ketones (excluding diaryl/α,β-unsaturated/α-hetero) is 1. The molecule has 5 nitrogen and oxygen atoms in total. The maximum absolute atomic E-state index is 12.8. The Hall–Kier alpha value is -2.21. The summed E-state index contributed by atoms with van der Waals surface area (Å²) in [6, 6.07) is 11.5. The summed E-state index contributed by atoms with van der Waals surface area (Å²) in [4.78, 5) is 25.3. The lowest BCUT2D eigenvalue weighted by Crippen LogP contribution is -2.43. The van der Waals surface area contributed by atoms with Crippen LogP contribution in [0.3, 0.4) is 0 Å². The second-order valence-corrected chi connectivity index (χ2v) is 8.35. The minimum absolute atomic E-state index is 0.121. The molecule has 1 aliphatic carbocycles. The summed E-state index contributed by atoms with van der Waals surface area (Å²) in [5, 5.41) is 1.06. The number of carbonyl (C=O) groups excluding carboxylic acids is 2. The number of hydrogen-bond donors (Lipinski definition) is 0. The number of halogens is 3. The summed E-state index contributed by atoms with van der Waals surface area (Å²) in [6.45, 7) is 0. The molecule has 1 saturated carbocycles. The van der Waals surface area contributed by atoms with E-state index in [0.29, 0.717) is 40.6 Å². The molecule has 0 radical (unpaired) electrons. The number of fused-ring (bicyclic) bond motifs is 1. The number of allylic oxidation sites excluding steroid dienone is 1. The molecule has 0 bridgehead atoms. The number of ether oxygens (including phenoxy) is 3. The van der Waals surface area contributed by atoms with E-state index in [0.717, 1.165) is 0 Å². The fourth-order valence-electron chi connectivity index (χ4n) is 3.60. The average molecular weight is 468 g/mol. The van der Waals surface area contributed by atoms with Gasteiger partial charge < -0.3 is 14.2 Å². The fourth-order valence-corrected chi connectivity index (χ4v) is 4.08. The lowest BCUT2D eigenvalue weighted by atomic mass is 9.80. The molecule has 4 rings (SSSR count). The van der Waals surface area contributed by atoms with E-state index < -0.39 is 5.97 Å². The second kappa shape index (κ2) is 8.88. The summed E-state index contributed by atoms with van der Waals surface area (Å²) >= 11 is 17.9. The zero-order valence-corrected chi connectivity index (χ0v) is 17.9. The molecule has 8 heteroatoms. The first-order chi connectivity index (χ1) is 14.4. The highest BCUT2D eigenvalue weighted by molar-refractivity contribution is 6.42. The van der Waals surface area contributed by atoms with Gasteiger partial charge in [-0.3, -0.25) is 4.79 Å². The molecule has 1 fully saturated rings. The first-order valence-electron chi connectivity index (χ1n) is 9.40. The van der Waals surface area contributed by atoms with Gasteiger partial charge in [-0.05, 0) is 43.2 Å². The van der Waals surface area contributed by atoms with Gasteiger partial charge in [-0.2, -0.15) is 0 Å². The smallest absolute Gasteiger partial charge is 0.338 e. The largest absolute Gasteiger partial charge is 0.493 e. The molecule has 0 aromatic heterocycles. The molecular formula is C22H17Cl3O5. The van der Waals surface area contributed by atoms with Crippen LogP contribution in [-0.4, -0.2) is 24.0 Å². The lowest BCUT2D eigenvalue weighted by Gasteiger charge is -2.36. The zero-order chi connectivity index (χ0) is 21.3. The monoisotopic (exact) mass is 466 g/mol. The SMILES string of the molecule is O=C(OC1CCC2C(=O)C(Oc3ccccc3Cl)=COC2C1)c1ccc(Cl)c(Cl)c1. The number of para-hydroxylation sites is 1. The summed E-state index contributed by atoms with van der Waals surface area (Å²) in [5.41, 5.74) is 0.322. The molecule has 3 atom stereocenters. The van der Waals surface area contributed by atoms with Crippen molar-refractivity contribution in [2.24, 2.45) is 5.92 Å². The van der Waals surface area contributed by atoms with E-state index >= 15 is 0 Å². The Bertz CT molecular complexity index is 1020. The fraction of sp³-hybridized carbons (Fsp3) is 0.273. The second-order valence-electron chi connectivity index (χ2n) is 7.13. The molecule has 0 amide bonds. The van der Waals surface area contributed by atoms with Crippen molar-refractivity contribution < 1.29 is 23.8 Å². The van der Waals surface area contributed by atoms with Crippen LogP contribution < -0.4 is 4.74 Å². The molecule has 1 heterocycles. The summed E-state index contributed by atoms with van der Waals surface area (Å²) in [6.07, 6.45) is 2.06. The highest BCUT2D eigenvalue weighted by Gasteiger charge is 2.42. The van der Waals surface area contributed by atoms with Gasteiger partial charge in [0.05, 0.1) is 26.5 Å². The molecule has 2 aromatic carbocycles. The van der Waals surface area contributed by atoms with Crippen molar-refractivity contribution in [2.45, 2.75) is 31.5 Å². The molecule has 3 unspecified atom stereocenters. The van der Waals surface area contributed by atoms with Crippen molar-refractivity contribution in [1.29, 1.82) is 0 Å². The summed E-state index contributed by atoms with van der Waals surface area (Å²) in [7, 11) is 0. The van der Waals surface area contributed by atoms with Crippen LogP contribution in [0.25, 0.3) is 0 Å². The van der Waals surface area contributed by atoms with Crippen LogP contribution in [0.2, 0.25) is 15.1 Å². The van der Waals surface area contributed by atoms with E-state index in [4.69, 9.17) is 49.0 Å². The number of benzene rings is 2. The Kier molecular flexibility index (Phi) is 6.23. The predicted octanol–water partition coefficient (Wildman–Crippen LogP) is 5.86. The van der Waals surface area contributed by atoms with Crippen LogP contribution in [0.1, 0.15) is 29.6 Å². The normalized spacial score (nSPS) is 23.1. The summed E-state index contributed by atoms with van der Waals surface area (Å²) in [5.74, 6) is -0.467. The molecule has 1 aliphatic heterocycles. The van der Waals surface area contributed by atoms with E-state index in [1.807, 2.05) is 0 Å². The van der Waals surface area contributed by atoms with Gasteiger partial charge in [0, 0.05) is 6.42 Å². The van der Waals surface area contributed by atoms with Gasteiger partial charge in [0.2, 0.25) is 11.5 Å². The highest BCUT2D eigenvalue weighted by Crippen LogP contribution is 2.36. The van der Waals surface area contributed by atoms with E-state index in [1.54, 1.807) is 36.4 Å². The van der Waals surface area contributed by atoms with Crippen LogP contribution in [0, 0.1) is 5.92 Å². The number of ketones is 1. The van der Waals surface area contributed by atoms with E-state index in [-0.39, 0.29) is 34.7 Å². The Morgan fingerprint density at radius 3 is 2.57 bits per heavy atom. The van der Waals surface area contributed by atoms with Crippen molar-refractivity contribution in [1.82, 2.24) is 0 Å². The molecule has 2 aliphatic rings. The third-order valence-corrected chi connectivity index (χ3v) is 6.21. The van der Waals surface area contributed by atoms with Crippen molar-refractivity contribution in [2.75, 3.05) is 0 Å². The lowest BCUT2D eigenvalue weighted by molar-refractivity contribution is -0.132. The predicted molar refractivity (Wildman–Crippen MR) is 113 cm³/mol. The number of esters is 1. The highest BCUT2D eigenvalue weighted by atomic mass is 35.5. The van der Waals surface area contributed by atoms with Crippen molar-refractivity contribution in [3.63, 3.8) is 0 Å². The standard InChI is InChI=1S/C22H17Cl3O5/c23-15-8-5-12(9-17(15)25)22(27)29-13-6-7-14-19(10-13)28-11-20(21(14)26)30-18-4-2-1-3-16(18)24/h1-5,8-9,11,13-14,19H,6-7,10H2. The van der Waals surface area contributed by atoms with Crippen molar-refractivity contribution >= 4 is 46.6 Å². The average Bonchev–Trinajstić information content (AvgIpc) is 2.73. The third kappa shape index (κ3) is 4.43. The molecule has 0 N–H and O–H groups in total. The molecule has 156 valence electrons. The van der Waals surface area contributed by atoms with Gasteiger partial charge in [-0.25, -0.2) is 4.79 Å². The van der Waals surface area contributed by atoms with Crippen LogP contribution in [0.5, 0.6) is 5.75 Å².